The number of nitrogens with zero attached hydrogens (tertiary/aromatic N) is 2. The van der Waals surface area contributed by atoms with Crippen LogP contribution in [0.4, 0.5) is 0 Å². The van der Waals surface area contributed by atoms with Crippen LogP contribution < -0.4 is 5.73 Å². The lowest BCUT2D eigenvalue weighted by atomic mass is 9.85. The Kier molecular flexibility index (Phi) is 5.19. The van der Waals surface area contributed by atoms with Gasteiger partial charge in [0.05, 0.1) is 4.88 Å². The molecule has 1 saturated carbocycles. The summed E-state index contributed by atoms with van der Waals surface area (Å²) in [4.78, 5) is 30.5. The Morgan fingerprint density at radius 1 is 1.07 bits per heavy atom. The molecule has 2 N–H and O–H groups in total. The van der Waals surface area contributed by atoms with E-state index in [0.29, 0.717) is 26.2 Å². The number of rotatable bonds is 2. The number of thiophene rings is 1. The summed E-state index contributed by atoms with van der Waals surface area (Å²) in [7, 11) is 0. The van der Waals surface area contributed by atoms with E-state index in [-0.39, 0.29) is 23.8 Å². The van der Waals surface area contributed by atoms with Crippen LogP contribution in [0.15, 0.2) is 24.3 Å². The van der Waals surface area contributed by atoms with Crippen molar-refractivity contribution in [3.8, 4) is 0 Å². The van der Waals surface area contributed by atoms with Gasteiger partial charge in [-0.2, -0.15) is 0 Å². The van der Waals surface area contributed by atoms with Crippen molar-refractivity contribution in [3.63, 3.8) is 0 Å². The third kappa shape index (κ3) is 3.60. The average Bonchev–Trinajstić information content (AvgIpc) is 3.04. The van der Waals surface area contributed by atoms with Gasteiger partial charge in [-0.15, -0.1) is 11.3 Å². The second-order valence-corrected chi connectivity index (χ2v) is 8.85. The van der Waals surface area contributed by atoms with Gasteiger partial charge in [0, 0.05) is 42.8 Å². The monoisotopic (exact) mass is 385 g/mol. The van der Waals surface area contributed by atoms with Crippen LogP contribution in [-0.2, 0) is 4.79 Å². The average molecular weight is 386 g/mol. The molecule has 1 aromatic carbocycles. The molecule has 0 radical (unpaired) electrons. The maximum Gasteiger partial charge on any atom is 0.264 e. The zero-order valence-corrected chi connectivity index (χ0v) is 16.6. The summed E-state index contributed by atoms with van der Waals surface area (Å²) in [5.41, 5.74) is 7.11. The number of hydrogen-bond donors (Lipinski definition) is 1. The topological polar surface area (TPSA) is 66.6 Å². The van der Waals surface area contributed by atoms with Gasteiger partial charge in [-0.25, -0.2) is 0 Å². The fraction of sp³-hybridized carbons (Fsp3) is 0.524. The van der Waals surface area contributed by atoms with Crippen molar-refractivity contribution in [2.75, 3.05) is 26.2 Å². The molecule has 27 heavy (non-hydrogen) atoms. The molecule has 0 spiro atoms. The van der Waals surface area contributed by atoms with E-state index in [2.05, 4.69) is 12.1 Å². The predicted octanol–water partition coefficient (Wildman–Crippen LogP) is 3.01. The first-order chi connectivity index (χ1) is 13.0. The van der Waals surface area contributed by atoms with Gasteiger partial charge in [-0.3, -0.25) is 9.59 Å². The largest absolute Gasteiger partial charge is 0.339 e. The number of nitrogens with two attached hydrogens (primary N) is 1. The van der Waals surface area contributed by atoms with Crippen molar-refractivity contribution >= 4 is 33.2 Å². The van der Waals surface area contributed by atoms with E-state index in [9.17, 15) is 9.59 Å². The Hall–Kier alpha value is -1.92. The molecule has 2 aromatic rings. The van der Waals surface area contributed by atoms with Gasteiger partial charge in [0.25, 0.3) is 5.91 Å². The van der Waals surface area contributed by atoms with Crippen LogP contribution in [0.25, 0.3) is 10.1 Å². The molecule has 1 aromatic heterocycles. The maximum atomic E-state index is 13.0. The van der Waals surface area contributed by atoms with E-state index >= 15 is 0 Å². The molecular weight excluding hydrogens is 358 g/mol. The van der Waals surface area contributed by atoms with Crippen LogP contribution >= 0.6 is 11.3 Å². The quantitative estimate of drug-likeness (QED) is 0.864. The Morgan fingerprint density at radius 2 is 1.78 bits per heavy atom. The molecule has 2 fully saturated rings. The molecule has 5 nitrogen and oxygen atoms in total. The molecule has 4 rings (SSSR count). The van der Waals surface area contributed by atoms with Crippen LogP contribution in [-0.4, -0.2) is 53.8 Å². The lowest BCUT2D eigenvalue weighted by molar-refractivity contribution is -0.138. The van der Waals surface area contributed by atoms with Gasteiger partial charge in [-0.1, -0.05) is 24.6 Å². The zero-order chi connectivity index (χ0) is 19.0. The van der Waals surface area contributed by atoms with Gasteiger partial charge in [-0.05, 0) is 43.2 Å². The van der Waals surface area contributed by atoms with Gasteiger partial charge in [0.1, 0.15) is 0 Å². The minimum atomic E-state index is 0.0702. The summed E-state index contributed by atoms with van der Waals surface area (Å²) in [6, 6.07) is 8.32. The Bertz CT molecular complexity index is 854. The van der Waals surface area contributed by atoms with Gasteiger partial charge >= 0.3 is 0 Å². The minimum absolute atomic E-state index is 0.0702. The van der Waals surface area contributed by atoms with Crippen molar-refractivity contribution < 1.29 is 9.59 Å². The molecule has 2 aliphatic rings. The van der Waals surface area contributed by atoms with Crippen LogP contribution in [0.1, 0.15) is 40.9 Å². The van der Waals surface area contributed by atoms with Crippen molar-refractivity contribution in [1.29, 1.82) is 0 Å². The Balaban J connectivity index is 1.40. The molecule has 1 saturated heterocycles. The highest BCUT2D eigenvalue weighted by Crippen LogP contribution is 2.32. The van der Waals surface area contributed by atoms with Crippen LogP contribution in [0.5, 0.6) is 0 Å². The molecule has 6 heteroatoms. The molecule has 144 valence electrons. The standard InChI is InChI=1S/C21H27N3O2S/c1-14-17-7-2-3-8-18(17)27-19(14)21(26)24-11-9-23(10-12-24)20(25)15-5-4-6-16(22)13-15/h2-3,7-8,15-16H,4-6,9-13,22H2,1H3. The first-order valence-corrected chi connectivity index (χ1v) is 10.7. The lowest BCUT2D eigenvalue weighted by Gasteiger charge is -2.37. The normalized spacial score (nSPS) is 23.6. The Labute approximate surface area is 164 Å². The minimum Gasteiger partial charge on any atom is -0.339 e. The summed E-state index contributed by atoms with van der Waals surface area (Å²) in [5.74, 6) is 0.400. The smallest absolute Gasteiger partial charge is 0.264 e. The lowest BCUT2D eigenvalue weighted by Crippen LogP contribution is -2.52. The first-order valence-electron chi connectivity index (χ1n) is 9.86. The summed E-state index contributed by atoms with van der Waals surface area (Å²) < 4.78 is 1.15. The first kappa shape index (κ1) is 18.4. The highest BCUT2D eigenvalue weighted by Gasteiger charge is 2.32. The summed E-state index contributed by atoms with van der Waals surface area (Å²) in [6.07, 6.45) is 3.83. The second kappa shape index (κ2) is 7.60. The van der Waals surface area contributed by atoms with Crippen LogP contribution in [0, 0.1) is 12.8 Å². The highest BCUT2D eigenvalue weighted by molar-refractivity contribution is 7.21. The number of amides is 2. The fourth-order valence-electron chi connectivity index (χ4n) is 4.36. The fourth-order valence-corrected chi connectivity index (χ4v) is 5.54. The number of carbonyl (C=O) groups is 2. The van der Waals surface area contributed by atoms with Crippen molar-refractivity contribution in [2.45, 2.75) is 38.6 Å². The van der Waals surface area contributed by atoms with E-state index in [1.165, 1.54) is 0 Å². The van der Waals surface area contributed by atoms with Gasteiger partial charge in [0.2, 0.25) is 5.91 Å². The van der Waals surface area contributed by atoms with Crippen molar-refractivity contribution in [2.24, 2.45) is 11.7 Å². The van der Waals surface area contributed by atoms with Gasteiger partial charge in [0.15, 0.2) is 0 Å². The Morgan fingerprint density at radius 3 is 2.48 bits per heavy atom. The summed E-state index contributed by atoms with van der Waals surface area (Å²) in [5, 5.41) is 1.16. The number of benzene rings is 1. The van der Waals surface area contributed by atoms with Gasteiger partial charge < -0.3 is 15.5 Å². The molecule has 1 aliphatic carbocycles. The second-order valence-electron chi connectivity index (χ2n) is 7.79. The number of fused-ring (bicyclic) bond motifs is 1. The molecule has 1 aliphatic heterocycles. The van der Waals surface area contributed by atoms with E-state index in [4.69, 9.17) is 5.73 Å². The third-order valence-electron chi connectivity index (χ3n) is 5.98. The predicted molar refractivity (Wildman–Crippen MR) is 109 cm³/mol. The zero-order valence-electron chi connectivity index (χ0n) is 15.8. The van der Waals surface area contributed by atoms with E-state index in [1.54, 1.807) is 11.3 Å². The number of piperazine rings is 1. The van der Waals surface area contributed by atoms with Crippen LogP contribution in [0.2, 0.25) is 0 Å². The number of carbonyl (C=O) groups excluding carboxylic acids is 2. The maximum absolute atomic E-state index is 13.0. The van der Waals surface area contributed by atoms with Crippen LogP contribution in [0.3, 0.4) is 0 Å². The van der Waals surface area contributed by atoms with Crippen molar-refractivity contribution in [1.82, 2.24) is 9.80 Å². The number of hydrogen-bond acceptors (Lipinski definition) is 4. The molecule has 2 atom stereocenters. The highest BCUT2D eigenvalue weighted by atomic mass is 32.1. The third-order valence-corrected chi connectivity index (χ3v) is 7.24. The SMILES string of the molecule is Cc1c(C(=O)N2CCN(C(=O)C3CCCC(N)C3)CC2)sc2ccccc12. The van der Waals surface area contributed by atoms with E-state index < -0.39 is 0 Å². The summed E-state index contributed by atoms with van der Waals surface area (Å²) in [6.45, 7) is 4.49. The van der Waals surface area contributed by atoms with E-state index in [1.807, 2.05) is 28.9 Å². The molecule has 2 amide bonds. The number of aryl methyl sites for hydroxylation is 1. The van der Waals surface area contributed by atoms with Crippen molar-refractivity contribution in [3.05, 3.63) is 34.7 Å². The summed E-state index contributed by atoms with van der Waals surface area (Å²) >= 11 is 1.57. The molecule has 2 heterocycles. The molecule has 2 unspecified atom stereocenters. The molecular formula is C21H27N3O2S. The molecule has 0 bridgehead atoms. The van der Waals surface area contributed by atoms with E-state index in [0.717, 1.165) is 46.2 Å².